The average molecular weight is 500 g/mol. The molecule has 2 heterocycles. The van der Waals surface area contributed by atoms with E-state index in [0.717, 1.165) is 38.5 Å². The highest BCUT2D eigenvalue weighted by atomic mass is 31.2. The first-order valence-corrected chi connectivity index (χ1v) is 13.5. The monoisotopic (exact) mass is 499 g/mol. The van der Waals surface area contributed by atoms with Crippen molar-refractivity contribution in [2.45, 2.75) is 69.7 Å². The summed E-state index contributed by atoms with van der Waals surface area (Å²) in [4.78, 5) is 38.7. The molecule has 1 unspecified atom stereocenters. The number of rotatable bonds is 9. The van der Waals surface area contributed by atoms with E-state index in [1.54, 1.807) is 6.92 Å². The summed E-state index contributed by atoms with van der Waals surface area (Å²) in [6.45, 7) is 1.66. The molecule has 3 N–H and O–H groups in total. The van der Waals surface area contributed by atoms with Gasteiger partial charge in [0.1, 0.15) is 11.8 Å². The third-order valence-electron chi connectivity index (χ3n) is 7.43. The Balaban J connectivity index is 1.41. The number of nitrogens with two attached hydrogens (primary N) is 1. The number of aromatic amines is 1. The summed E-state index contributed by atoms with van der Waals surface area (Å²) in [7, 11) is -2.10. The molecule has 3 fully saturated rings. The van der Waals surface area contributed by atoms with E-state index in [9.17, 15) is 18.9 Å². The zero-order chi connectivity index (χ0) is 24.6. The molecule has 1 aromatic rings. The third-order valence-corrected chi connectivity index (χ3v) is 9.39. The van der Waals surface area contributed by atoms with Crippen LogP contribution in [0.3, 0.4) is 0 Å². The van der Waals surface area contributed by atoms with Gasteiger partial charge >= 0.3 is 19.3 Å². The fourth-order valence-corrected chi connectivity index (χ4v) is 7.06. The molecular formula is C22H34N3O8P. The van der Waals surface area contributed by atoms with Crippen LogP contribution in [0.4, 0.5) is 0 Å². The molecule has 190 valence electrons. The van der Waals surface area contributed by atoms with E-state index in [-0.39, 0.29) is 31.4 Å². The Morgan fingerprint density at radius 2 is 2.06 bits per heavy atom. The highest BCUT2D eigenvalue weighted by Gasteiger charge is 2.53. The molecule has 0 bridgehead atoms. The van der Waals surface area contributed by atoms with Crippen molar-refractivity contribution in [1.82, 2.24) is 9.55 Å². The SMILES string of the molecule is CO[C@@H]1COP(=O)(OCCC2(C(=O)OC3CCCC3)CC2)C[C@H]1[C@@](C)(N)n1ccc(=O)[nH]c1=O. The van der Waals surface area contributed by atoms with Crippen LogP contribution in [0.5, 0.6) is 0 Å². The van der Waals surface area contributed by atoms with Crippen molar-refractivity contribution in [2.24, 2.45) is 17.1 Å². The third kappa shape index (κ3) is 5.23. The number of esters is 1. The van der Waals surface area contributed by atoms with Gasteiger partial charge in [0.05, 0.1) is 30.9 Å². The summed E-state index contributed by atoms with van der Waals surface area (Å²) in [5.74, 6) is -0.793. The van der Waals surface area contributed by atoms with Gasteiger partial charge in [0, 0.05) is 25.3 Å². The second-order valence-electron chi connectivity index (χ2n) is 9.85. The van der Waals surface area contributed by atoms with Gasteiger partial charge in [-0.1, -0.05) is 0 Å². The lowest BCUT2D eigenvalue weighted by Gasteiger charge is -2.43. The van der Waals surface area contributed by atoms with Crippen LogP contribution in [0.1, 0.15) is 51.9 Å². The maximum atomic E-state index is 13.5. The zero-order valence-electron chi connectivity index (χ0n) is 19.7. The van der Waals surface area contributed by atoms with Crippen molar-refractivity contribution in [2.75, 3.05) is 26.5 Å². The van der Waals surface area contributed by atoms with Crippen molar-refractivity contribution in [1.29, 1.82) is 0 Å². The maximum Gasteiger partial charge on any atom is 0.331 e. The number of carbonyl (C=O) groups excluding carboxylic acids is 1. The van der Waals surface area contributed by atoms with Crippen LogP contribution >= 0.6 is 7.60 Å². The van der Waals surface area contributed by atoms with Crippen molar-refractivity contribution in [3.8, 4) is 0 Å². The van der Waals surface area contributed by atoms with E-state index >= 15 is 0 Å². The summed E-state index contributed by atoms with van der Waals surface area (Å²) >= 11 is 0. The number of hydrogen-bond acceptors (Lipinski definition) is 9. The largest absolute Gasteiger partial charge is 0.462 e. The van der Waals surface area contributed by atoms with Crippen LogP contribution in [0, 0.1) is 11.3 Å². The van der Waals surface area contributed by atoms with Crippen LogP contribution < -0.4 is 17.0 Å². The predicted molar refractivity (Wildman–Crippen MR) is 122 cm³/mol. The van der Waals surface area contributed by atoms with E-state index in [4.69, 9.17) is 24.3 Å². The second-order valence-corrected chi connectivity index (χ2v) is 12.0. The number of ether oxygens (including phenoxy) is 2. The summed E-state index contributed by atoms with van der Waals surface area (Å²) < 4.78 is 37.1. The van der Waals surface area contributed by atoms with E-state index in [2.05, 4.69) is 4.98 Å². The topological polar surface area (TPSA) is 152 Å². The van der Waals surface area contributed by atoms with Gasteiger partial charge in [-0.15, -0.1) is 0 Å². The average Bonchev–Trinajstić information content (AvgIpc) is 3.40. The van der Waals surface area contributed by atoms with E-state index < -0.39 is 41.9 Å². The Morgan fingerprint density at radius 3 is 2.68 bits per heavy atom. The lowest BCUT2D eigenvalue weighted by molar-refractivity contribution is -0.156. The fraction of sp³-hybridized carbons (Fsp3) is 0.773. The quantitative estimate of drug-likeness (QED) is 0.382. The zero-order valence-corrected chi connectivity index (χ0v) is 20.6. The molecule has 2 aliphatic carbocycles. The van der Waals surface area contributed by atoms with E-state index in [0.29, 0.717) is 6.42 Å². The van der Waals surface area contributed by atoms with Crippen LogP contribution in [-0.2, 0) is 33.5 Å². The lowest BCUT2D eigenvalue weighted by atomic mass is 9.90. The molecule has 0 aromatic carbocycles. The molecule has 0 radical (unpaired) electrons. The maximum absolute atomic E-state index is 13.5. The number of carbonyl (C=O) groups is 1. The highest BCUT2D eigenvalue weighted by Crippen LogP contribution is 2.57. The Labute approximate surface area is 197 Å². The molecular weight excluding hydrogens is 465 g/mol. The molecule has 1 aliphatic heterocycles. The van der Waals surface area contributed by atoms with Gasteiger partial charge in [0.2, 0.25) is 0 Å². The molecule has 4 atom stereocenters. The number of methoxy groups -OCH3 is 1. The Kier molecular flexibility index (Phi) is 7.22. The normalized spacial score (nSPS) is 30.6. The summed E-state index contributed by atoms with van der Waals surface area (Å²) in [6.07, 6.45) is 6.57. The van der Waals surface area contributed by atoms with Crippen molar-refractivity contribution in [3.63, 3.8) is 0 Å². The molecule has 3 aliphatic rings. The minimum Gasteiger partial charge on any atom is -0.462 e. The standard InChI is InChI=1S/C22H34N3O8P/c1-21(23,25-11-7-18(26)24-20(25)28)16-14-34(29,32-13-17(16)30-2)31-12-10-22(8-9-22)19(27)33-15-5-3-4-6-15/h7,11,15-17H,3-6,8-10,12-14,23H2,1-2H3,(H,24,26,28)/t16-,17-,21+,34?/m1/s1. The fourth-order valence-electron chi connectivity index (χ4n) is 4.94. The minimum absolute atomic E-state index is 0.0104. The van der Waals surface area contributed by atoms with Crippen LogP contribution in [0.15, 0.2) is 21.9 Å². The molecule has 34 heavy (non-hydrogen) atoms. The van der Waals surface area contributed by atoms with Gasteiger partial charge in [0.15, 0.2) is 0 Å². The van der Waals surface area contributed by atoms with Crippen molar-refractivity contribution >= 4 is 13.6 Å². The predicted octanol–water partition coefficient (Wildman–Crippen LogP) is 1.70. The van der Waals surface area contributed by atoms with Crippen molar-refractivity contribution in [3.05, 3.63) is 33.1 Å². The summed E-state index contributed by atoms with van der Waals surface area (Å²) in [6, 6.07) is 1.20. The van der Waals surface area contributed by atoms with Gasteiger partial charge < -0.3 is 24.3 Å². The van der Waals surface area contributed by atoms with Crippen LogP contribution in [0.2, 0.25) is 0 Å². The number of hydrogen-bond donors (Lipinski definition) is 2. The number of nitrogens with one attached hydrogen (secondary N) is 1. The summed E-state index contributed by atoms with van der Waals surface area (Å²) in [5.41, 5.74) is 3.43. The van der Waals surface area contributed by atoms with Crippen LogP contribution in [0.25, 0.3) is 0 Å². The van der Waals surface area contributed by atoms with Gasteiger partial charge in [-0.2, -0.15) is 0 Å². The molecule has 0 spiro atoms. The van der Waals surface area contributed by atoms with Gasteiger partial charge in [-0.05, 0) is 51.9 Å². The molecule has 0 amide bonds. The highest BCUT2D eigenvalue weighted by molar-refractivity contribution is 7.53. The lowest BCUT2D eigenvalue weighted by Crippen LogP contribution is -2.59. The molecule has 1 saturated heterocycles. The number of H-pyrrole nitrogens is 1. The Morgan fingerprint density at radius 1 is 1.35 bits per heavy atom. The molecule has 11 nitrogen and oxygen atoms in total. The number of nitrogens with zero attached hydrogens (tertiary/aromatic N) is 1. The molecule has 2 saturated carbocycles. The first kappa shape index (κ1) is 25.3. The first-order chi connectivity index (χ1) is 16.1. The summed E-state index contributed by atoms with van der Waals surface area (Å²) in [5, 5.41) is 0. The molecule has 4 rings (SSSR count). The van der Waals surface area contributed by atoms with Crippen molar-refractivity contribution < 1.29 is 27.9 Å². The first-order valence-electron chi connectivity index (χ1n) is 11.8. The van der Waals surface area contributed by atoms with E-state index in [1.165, 1.54) is 23.9 Å². The van der Waals surface area contributed by atoms with Crippen LogP contribution in [-0.4, -0.2) is 54.2 Å². The minimum atomic E-state index is -3.58. The molecule has 12 heteroatoms. The smallest absolute Gasteiger partial charge is 0.331 e. The number of aromatic nitrogens is 2. The van der Waals surface area contributed by atoms with E-state index in [1.807, 2.05) is 0 Å². The van der Waals surface area contributed by atoms with Gasteiger partial charge in [0.25, 0.3) is 5.56 Å². The van der Waals surface area contributed by atoms with Gasteiger partial charge in [-0.3, -0.25) is 23.7 Å². The molecule has 1 aromatic heterocycles. The Bertz CT molecular complexity index is 1060. The van der Waals surface area contributed by atoms with Gasteiger partial charge in [-0.25, -0.2) is 4.79 Å². The Hall–Kier alpha value is -1.78. The second kappa shape index (κ2) is 9.70.